The van der Waals surface area contributed by atoms with Crippen LogP contribution < -0.4 is 10.1 Å². The summed E-state index contributed by atoms with van der Waals surface area (Å²) in [5.74, 6) is -2.11. The van der Waals surface area contributed by atoms with Crippen LogP contribution in [-0.2, 0) is 4.79 Å². The van der Waals surface area contributed by atoms with Crippen LogP contribution in [-0.4, -0.2) is 12.5 Å². The lowest BCUT2D eigenvalue weighted by Crippen LogP contribution is -2.20. The Labute approximate surface area is 119 Å². The van der Waals surface area contributed by atoms with Crippen LogP contribution in [0.1, 0.15) is 5.56 Å². The second kappa shape index (κ2) is 6.48. The minimum absolute atomic E-state index is 0.0671. The molecule has 0 aliphatic rings. The van der Waals surface area contributed by atoms with Crippen LogP contribution in [0.4, 0.5) is 14.5 Å². The number of nitrogens with one attached hydrogen (secondary N) is 1. The molecule has 1 amide bonds. The first-order valence-corrected chi connectivity index (χ1v) is 5.96. The van der Waals surface area contributed by atoms with Crippen molar-refractivity contribution in [1.29, 1.82) is 5.26 Å². The second-order valence-electron chi connectivity index (χ2n) is 4.13. The van der Waals surface area contributed by atoms with Crippen molar-refractivity contribution in [3.63, 3.8) is 0 Å². The third-order valence-electron chi connectivity index (χ3n) is 2.50. The zero-order valence-corrected chi connectivity index (χ0v) is 10.8. The summed E-state index contributed by atoms with van der Waals surface area (Å²) in [6.07, 6.45) is 0. The number of nitrogens with zero attached hydrogens (tertiary/aromatic N) is 1. The van der Waals surface area contributed by atoms with Crippen molar-refractivity contribution >= 4 is 11.6 Å². The van der Waals surface area contributed by atoms with Crippen molar-refractivity contribution in [2.24, 2.45) is 0 Å². The van der Waals surface area contributed by atoms with E-state index in [0.29, 0.717) is 17.3 Å². The summed E-state index contributed by atoms with van der Waals surface area (Å²) in [7, 11) is 0. The number of benzene rings is 2. The van der Waals surface area contributed by atoms with E-state index in [-0.39, 0.29) is 12.4 Å². The Hall–Kier alpha value is -2.94. The normalized spacial score (nSPS) is 9.76. The number of hydrogen-bond acceptors (Lipinski definition) is 3. The van der Waals surface area contributed by atoms with Crippen LogP contribution in [0.25, 0.3) is 0 Å². The molecule has 0 bridgehead atoms. The van der Waals surface area contributed by atoms with Crippen LogP contribution in [0.15, 0.2) is 42.5 Å². The van der Waals surface area contributed by atoms with Gasteiger partial charge < -0.3 is 10.1 Å². The highest BCUT2D eigenvalue weighted by Crippen LogP contribution is 2.15. The minimum Gasteiger partial charge on any atom is -0.484 e. The summed E-state index contributed by atoms with van der Waals surface area (Å²) in [6, 6.07) is 10.9. The number of anilines is 1. The van der Waals surface area contributed by atoms with Gasteiger partial charge in [0.2, 0.25) is 0 Å². The van der Waals surface area contributed by atoms with Crippen molar-refractivity contribution in [3.8, 4) is 11.8 Å². The smallest absolute Gasteiger partial charge is 0.262 e. The average molecular weight is 288 g/mol. The molecule has 0 radical (unpaired) electrons. The summed E-state index contributed by atoms with van der Waals surface area (Å²) in [5, 5.41) is 11.2. The molecule has 0 fully saturated rings. The van der Waals surface area contributed by atoms with Crippen molar-refractivity contribution in [3.05, 3.63) is 59.7 Å². The predicted molar refractivity (Wildman–Crippen MR) is 71.6 cm³/mol. The Morgan fingerprint density at radius 3 is 2.33 bits per heavy atom. The lowest BCUT2D eigenvalue weighted by Gasteiger charge is -2.07. The van der Waals surface area contributed by atoms with Crippen molar-refractivity contribution < 1.29 is 18.3 Å². The van der Waals surface area contributed by atoms with E-state index in [1.807, 2.05) is 6.07 Å². The fourth-order valence-electron chi connectivity index (χ4n) is 1.59. The standard InChI is InChI=1S/C15H10F2N2O2/c16-11-5-12(17)7-14(6-11)21-9-15(20)19-13-3-1-10(8-18)2-4-13/h1-7H,9H2,(H,19,20). The zero-order chi connectivity index (χ0) is 15.2. The molecule has 0 aliphatic carbocycles. The second-order valence-corrected chi connectivity index (χ2v) is 4.13. The molecule has 2 aromatic carbocycles. The van der Waals surface area contributed by atoms with Crippen LogP contribution >= 0.6 is 0 Å². The molecule has 0 heterocycles. The van der Waals surface area contributed by atoms with Gasteiger partial charge in [0.15, 0.2) is 6.61 Å². The molecule has 0 atom stereocenters. The fourth-order valence-corrected chi connectivity index (χ4v) is 1.59. The third-order valence-corrected chi connectivity index (χ3v) is 2.50. The van der Waals surface area contributed by atoms with Crippen molar-refractivity contribution in [1.82, 2.24) is 0 Å². The lowest BCUT2D eigenvalue weighted by molar-refractivity contribution is -0.118. The number of hydrogen-bond donors (Lipinski definition) is 1. The van der Waals surface area contributed by atoms with Gasteiger partial charge in [-0.1, -0.05) is 0 Å². The Balaban J connectivity index is 1.91. The molecular formula is C15H10F2N2O2. The number of amides is 1. The van der Waals surface area contributed by atoms with Crippen LogP contribution in [0.3, 0.4) is 0 Å². The molecule has 2 aromatic rings. The summed E-state index contributed by atoms with van der Waals surface area (Å²) < 4.78 is 30.8. The Morgan fingerprint density at radius 1 is 1.14 bits per heavy atom. The van der Waals surface area contributed by atoms with Gasteiger partial charge in [-0.25, -0.2) is 8.78 Å². The van der Waals surface area contributed by atoms with Crippen molar-refractivity contribution in [2.75, 3.05) is 11.9 Å². The molecule has 0 aliphatic heterocycles. The van der Waals surface area contributed by atoms with Gasteiger partial charge in [0.1, 0.15) is 17.4 Å². The zero-order valence-electron chi connectivity index (χ0n) is 10.8. The number of nitriles is 1. The van der Waals surface area contributed by atoms with Gasteiger partial charge in [-0.2, -0.15) is 5.26 Å². The third kappa shape index (κ3) is 4.28. The van der Waals surface area contributed by atoms with Crippen LogP contribution in [0.5, 0.6) is 5.75 Å². The van der Waals surface area contributed by atoms with E-state index >= 15 is 0 Å². The summed E-state index contributed by atoms with van der Waals surface area (Å²) >= 11 is 0. The Morgan fingerprint density at radius 2 is 1.76 bits per heavy atom. The largest absolute Gasteiger partial charge is 0.484 e. The predicted octanol–water partition coefficient (Wildman–Crippen LogP) is 2.85. The highest BCUT2D eigenvalue weighted by atomic mass is 19.1. The number of carbonyl (C=O) groups is 1. The molecule has 0 saturated carbocycles. The molecular weight excluding hydrogens is 278 g/mol. The van der Waals surface area contributed by atoms with Gasteiger partial charge in [0.05, 0.1) is 11.6 Å². The number of carbonyl (C=O) groups excluding carboxylic acids is 1. The van der Waals surface area contributed by atoms with Gasteiger partial charge in [-0.3, -0.25) is 4.79 Å². The van der Waals surface area contributed by atoms with Crippen LogP contribution in [0.2, 0.25) is 0 Å². The number of halogens is 2. The summed E-state index contributed by atoms with van der Waals surface area (Å²) in [5.41, 5.74) is 0.965. The van der Waals surface area contributed by atoms with E-state index < -0.39 is 17.5 Å². The first kappa shape index (κ1) is 14.5. The monoisotopic (exact) mass is 288 g/mol. The SMILES string of the molecule is N#Cc1ccc(NC(=O)COc2cc(F)cc(F)c2)cc1. The maximum atomic E-state index is 12.9. The van der Waals surface area contributed by atoms with Crippen LogP contribution in [0, 0.1) is 23.0 Å². The van der Waals surface area contributed by atoms with Gasteiger partial charge in [0, 0.05) is 23.9 Å². The first-order chi connectivity index (χ1) is 10.1. The summed E-state index contributed by atoms with van der Waals surface area (Å²) in [4.78, 5) is 11.6. The van der Waals surface area contributed by atoms with Gasteiger partial charge in [0.25, 0.3) is 5.91 Å². The Kier molecular flexibility index (Phi) is 4.46. The van der Waals surface area contributed by atoms with Crippen molar-refractivity contribution in [2.45, 2.75) is 0 Å². The van der Waals surface area contributed by atoms with E-state index in [2.05, 4.69) is 5.32 Å². The molecule has 0 saturated heterocycles. The van der Waals surface area contributed by atoms with E-state index in [9.17, 15) is 13.6 Å². The van der Waals surface area contributed by atoms with Gasteiger partial charge in [-0.15, -0.1) is 0 Å². The Bertz CT molecular complexity index is 674. The molecule has 106 valence electrons. The molecule has 21 heavy (non-hydrogen) atoms. The summed E-state index contributed by atoms with van der Waals surface area (Å²) in [6.45, 7) is -0.386. The molecule has 2 rings (SSSR count). The highest BCUT2D eigenvalue weighted by molar-refractivity contribution is 5.91. The van der Waals surface area contributed by atoms with Gasteiger partial charge >= 0.3 is 0 Å². The quantitative estimate of drug-likeness (QED) is 0.941. The maximum absolute atomic E-state index is 12.9. The average Bonchev–Trinajstić information content (AvgIpc) is 2.45. The molecule has 1 N–H and O–H groups in total. The highest BCUT2D eigenvalue weighted by Gasteiger charge is 2.06. The molecule has 0 aromatic heterocycles. The first-order valence-electron chi connectivity index (χ1n) is 5.96. The number of ether oxygens (including phenoxy) is 1. The molecule has 6 heteroatoms. The van der Waals surface area contributed by atoms with Gasteiger partial charge in [-0.05, 0) is 24.3 Å². The topological polar surface area (TPSA) is 62.1 Å². The molecule has 4 nitrogen and oxygen atoms in total. The fraction of sp³-hybridized carbons (Fsp3) is 0.0667. The van der Waals surface area contributed by atoms with E-state index in [0.717, 1.165) is 12.1 Å². The molecule has 0 spiro atoms. The molecule has 0 unspecified atom stereocenters. The number of rotatable bonds is 4. The van der Waals surface area contributed by atoms with E-state index in [4.69, 9.17) is 10.00 Å². The minimum atomic E-state index is -0.780. The lowest BCUT2D eigenvalue weighted by atomic mass is 10.2. The van der Waals surface area contributed by atoms with E-state index in [1.165, 1.54) is 0 Å². The van der Waals surface area contributed by atoms with E-state index in [1.54, 1.807) is 24.3 Å². The maximum Gasteiger partial charge on any atom is 0.262 e.